The number of nitrogens with zero attached hydrogens (tertiary/aromatic N) is 2. The zero-order valence-corrected chi connectivity index (χ0v) is 21.9. The van der Waals surface area contributed by atoms with Gasteiger partial charge in [0.2, 0.25) is 0 Å². The standard InChI is InChI=1S/C37H26N2/c1-23-19-33-27-13-5-3-11-25(27)26-12-4-6-14-28(26)34(33)20-31(23)32-21-37(38-22-24(32)2)39-35-17-9-7-15-29(35)30-16-8-10-18-36(30)39/h3-22H,1-2H3. The molecule has 0 fully saturated rings. The summed E-state index contributed by atoms with van der Waals surface area (Å²) in [5, 5.41) is 10.3. The zero-order chi connectivity index (χ0) is 26.1. The number of hydrogen-bond acceptors (Lipinski definition) is 1. The highest BCUT2D eigenvalue weighted by molar-refractivity contribution is 6.26. The second-order valence-corrected chi connectivity index (χ2v) is 10.5. The van der Waals surface area contributed by atoms with Gasteiger partial charge in [-0.25, -0.2) is 4.98 Å². The van der Waals surface area contributed by atoms with Gasteiger partial charge in [0.1, 0.15) is 5.82 Å². The van der Waals surface area contributed by atoms with Gasteiger partial charge in [0, 0.05) is 17.0 Å². The van der Waals surface area contributed by atoms with Crippen LogP contribution >= 0.6 is 0 Å². The normalized spacial score (nSPS) is 11.8. The van der Waals surface area contributed by atoms with Gasteiger partial charge in [-0.05, 0) is 92.7 Å². The lowest BCUT2D eigenvalue weighted by molar-refractivity contribution is 1.07. The average Bonchev–Trinajstić information content (AvgIpc) is 3.32. The van der Waals surface area contributed by atoms with Crippen molar-refractivity contribution in [1.82, 2.24) is 9.55 Å². The molecule has 0 N–H and O–H groups in total. The van der Waals surface area contributed by atoms with Crippen molar-refractivity contribution in [3.63, 3.8) is 0 Å². The van der Waals surface area contributed by atoms with Crippen molar-refractivity contribution in [2.75, 3.05) is 0 Å². The third kappa shape index (κ3) is 3.18. The van der Waals surface area contributed by atoms with Crippen molar-refractivity contribution >= 4 is 54.1 Å². The molecule has 2 heteroatoms. The van der Waals surface area contributed by atoms with Gasteiger partial charge in [0.05, 0.1) is 11.0 Å². The predicted molar refractivity (Wildman–Crippen MR) is 166 cm³/mol. The Kier molecular flexibility index (Phi) is 4.68. The lowest BCUT2D eigenvalue weighted by Crippen LogP contribution is -1.99. The zero-order valence-electron chi connectivity index (χ0n) is 21.9. The number of benzene rings is 6. The summed E-state index contributed by atoms with van der Waals surface area (Å²) < 4.78 is 2.30. The molecule has 8 aromatic rings. The average molecular weight is 499 g/mol. The molecule has 2 nitrogen and oxygen atoms in total. The molecule has 0 saturated heterocycles. The van der Waals surface area contributed by atoms with Crippen LogP contribution in [0.4, 0.5) is 0 Å². The molecule has 0 saturated carbocycles. The lowest BCUT2D eigenvalue weighted by atomic mass is 9.89. The SMILES string of the molecule is Cc1cnc(-n2c3ccccc3c3ccccc32)cc1-c1cc2c3ccccc3c3ccccc3c2cc1C. The minimum Gasteiger partial charge on any atom is -0.294 e. The first-order chi connectivity index (χ1) is 19.2. The predicted octanol–water partition coefficient (Wildman–Crippen LogP) is 9.92. The summed E-state index contributed by atoms with van der Waals surface area (Å²) in [5.74, 6) is 0.941. The molecular formula is C37H26N2. The third-order valence-corrected chi connectivity index (χ3v) is 8.28. The molecule has 2 heterocycles. The first-order valence-corrected chi connectivity index (χ1v) is 13.5. The fourth-order valence-electron chi connectivity index (χ4n) is 6.44. The third-order valence-electron chi connectivity index (χ3n) is 8.28. The highest BCUT2D eigenvalue weighted by Crippen LogP contribution is 2.40. The summed E-state index contributed by atoms with van der Waals surface area (Å²) in [4.78, 5) is 4.95. The van der Waals surface area contributed by atoms with Gasteiger partial charge in [-0.15, -0.1) is 0 Å². The van der Waals surface area contributed by atoms with Gasteiger partial charge in [-0.1, -0.05) is 91.0 Å². The molecule has 0 aliphatic heterocycles. The van der Waals surface area contributed by atoms with Gasteiger partial charge in [-0.3, -0.25) is 4.57 Å². The molecule has 0 radical (unpaired) electrons. The van der Waals surface area contributed by atoms with E-state index in [1.807, 2.05) is 6.20 Å². The molecule has 2 aromatic heterocycles. The summed E-state index contributed by atoms with van der Waals surface area (Å²) in [5.41, 5.74) is 7.27. The number of para-hydroxylation sites is 2. The molecule has 8 rings (SSSR count). The highest BCUT2D eigenvalue weighted by atomic mass is 15.1. The molecule has 0 bridgehead atoms. The molecule has 0 aliphatic carbocycles. The van der Waals surface area contributed by atoms with Crippen molar-refractivity contribution in [2.45, 2.75) is 13.8 Å². The largest absolute Gasteiger partial charge is 0.294 e. The highest BCUT2D eigenvalue weighted by Gasteiger charge is 2.16. The minimum atomic E-state index is 0.941. The van der Waals surface area contributed by atoms with Crippen LogP contribution in [-0.4, -0.2) is 9.55 Å². The van der Waals surface area contributed by atoms with Crippen molar-refractivity contribution in [2.24, 2.45) is 0 Å². The van der Waals surface area contributed by atoms with Crippen LogP contribution in [-0.2, 0) is 0 Å². The van der Waals surface area contributed by atoms with E-state index in [-0.39, 0.29) is 0 Å². The topological polar surface area (TPSA) is 17.8 Å². The molecular weight excluding hydrogens is 472 g/mol. The Morgan fingerprint density at radius 1 is 0.436 bits per heavy atom. The maximum atomic E-state index is 4.95. The van der Waals surface area contributed by atoms with Crippen LogP contribution in [0.3, 0.4) is 0 Å². The van der Waals surface area contributed by atoms with E-state index < -0.39 is 0 Å². The number of aryl methyl sites for hydroxylation is 2. The number of rotatable bonds is 2. The summed E-state index contributed by atoms with van der Waals surface area (Å²) in [6.07, 6.45) is 2.02. The molecule has 0 unspecified atom stereocenters. The van der Waals surface area contributed by atoms with Gasteiger partial charge in [0.25, 0.3) is 0 Å². The van der Waals surface area contributed by atoms with Gasteiger partial charge in [0.15, 0.2) is 0 Å². The van der Waals surface area contributed by atoms with Crippen molar-refractivity contribution in [1.29, 1.82) is 0 Å². The summed E-state index contributed by atoms with van der Waals surface area (Å²) in [7, 11) is 0. The fourth-order valence-corrected chi connectivity index (χ4v) is 6.44. The van der Waals surface area contributed by atoms with E-state index in [9.17, 15) is 0 Å². The smallest absolute Gasteiger partial charge is 0.138 e. The minimum absolute atomic E-state index is 0.941. The van der Waals surface area contributed by atoms with Gasteiger partial charge in [-0.2, -0.15) is 0 Å². The van der Waals surface area contributed by atoms with E-state index in [1.54, 1.807) is 0 Å². The second-order valence-electron chi connectivity index (χ2n) is 10.5. The second kappa shape index (κ2) is 8.28. The van der Waals surface area contributed by atoms with Gasteiger partial charge < -0.3 is 0 Å². The van der Waals surface area contributed by atoms with E-state index in [1.165, 1.54) is 76.4 Å². The maximum Gasteiger partial charge on any atom is 0.138 e. The number of aromatic nitrogens is 2. The van der Waals surface area contributed by atoms with E-state index in [4.69, 9.17) is 4.98 Å². The van der Waals surface area contributed by atoms with Crippen LogP contribution in [0.25, 0.3) is 71.1 Å². The van der Waals surface area contributed by atoms with E-state index in [2.05, 4.69) is 134 Å². The number of fused-ring (bicyclic) bond motifs is 9. The summed E-state index contributed by atoms with van der Waals surface area (Å²) in [6.45, 7) is 4.40. The van der Waals surface area contributed by atoms with Crippen LogP contribution < -0.4 is 0 Å². The molecule has 6 aromatic carbocycles. The summed E-state index contributed by atoms with van der Waals surface area (Å²) in [6, 6.07) is 41.8. The van der Waals surface area contributed by atoms with Gasteiger partial charge >= 0.3 is 0 Å². The molecule has 39 heavy (non-hydrogen) atoms. The Morgan fingerprint density at radius 3 is 1.44 bits per heavy atom. The van der Waals surface area contributed by atoms with E-state index >= 15 is 0 Å². The Hall–Kier alpha value is -4.95. The monoisotopic (exact) mass is 498 g/mol. The molecule has 184 valence electrons. The Bertz CT molecular complexity index is 2200. The molecule has 0 amide bonds. The van der Waals surface area contributed by atoms with Crippen molar-refractivity contribution in [3.8, 4) is 16.9 Å². The quantitative estimate of drug-likeness (QED) is 0.217. The van der Waals surface area contributed by atoms with Crippen molar-refractivity contribution in [3.05, 3.63) is 133 Å². The van der Waals surface area contributed by atoms with Crippen LogP contribution in [0, 0.1) is 13.8 Å². The lowest BCUT2D eigenvalue weighted by Gasteiger charge is -2.16. The Labute approximate surface area is 226 Å². The first kappa shape index (κ1) is 22.1. The van der Waals surface area contributed by atoms with Crippen LogP contribution in [0.2, 0.25) is 0 Å². The Balaban J connectivity index is 1.43. The fraction of sp³-hybridized carbons (Fsp3) is 0.0541. The van der Waals surface area contributed by atoms with Crippen LogP contribution in [0.1, 0.15) is 11.1 Å². The number of hydrogen-bond donors (Lipinski definition) is 0. The molecule has 0 spiro atoms. The number of pyridine rings is 1. The maximum absolute atomic E-state index is 4.95. The van der Waals surface area contributed by atoms with Crippen LogP contribution in [0.15, 0.2) is 121 Å². The van der Waals surface area contributed by atoms with Crippen LogP contribution in [0.5, 0.6) is 0 Å². The van der Waals surface area contributed by atoms with E-state index in [0.717, 1.165) is 5.82 Å². The molecule has 0 atom stereocenters. The molecule has 0 aliphatic rings. The van der Waals surface area contributed by atoms with Crippen molar-refractivity contribution < 1.29 is 0 Å². The Morgan fingerprint density at radius 2 is 0.872 bits per heavy atom. The summed E-state index contributed by atoms with van der Waals surface area (Å²) >= 11 is 0. The first-order valence-electron chi connectivity index (χ1n) is 13.5. The van der Waals surface area contributed by atoms with E-state index in [0.29, 0.717) is 0 Å².